The third-order valence-electron chi connectivity index (χ3n) is 6.16. The fourth-order valence-corrected chi connectivity index (χ4v) is 4.34. The fraction of sp³-hybridized carbons (Fsp3) is 0.148. The first kappa shape index (κ1) is 22.7. The molecule has 184 valence electrons. The molecule has 9 nitrogen and oxygen atoms in total. The van der Waals surface area contributed by atoms with E-state index in [-0.39, 0.29) is 5.82 Å². The van der Waals surface area contributed by atoms with Crippen molar-refractivity contribution >= 4 is 27.8 Å². The highest BCUT2D eigenvalue weighted by Gasteiger charge is 2.17. The van der Waals surface area contributed by atoms with Gasteiger partial charge in [0.1, 0.15) is 17.7 Å². The first-order valence-corrected chi connectivity index (χ1v) is 11.9. The van der Waals surface area contributed by atoms with Gasteiger partial charge in [0.25, 0.3) is 0 Å². The monoisotopic (exact) mass is 494 g/mol. The van der Waals surface area contributed by atoms with E-state index in [4.69, 9.17) is 4.98 Å². The summed E-state index contributed by atoms with van der Waals surface area (Å²) >= 11 is 0. The summed E-state index contributed by atoms with van der Waals surface area (Å²) < 4.78 is 13.4. The number of aliphatic hydroxyl groups excluding tert-OH is 1. The molecule has 0 spiro atoms. The van der Waals surface area contributed by atoms with Gasteiger partial charge in [-0.25, -0.2) is 14.4 Å². The zero-order valence-corrected chi connectivity index (χ0v) is 19.9. The van der Waals surface area contributed by atoms with Gasteiger partial charge >= 0.3 is 0 Å². The standard InChI is InChI=1S/C27H23FN8O/c1-2-3-23(37)32-19-8-16(10-29-12-19)17-9-20-25(35-36-26(20)31-11-17)27-33-22-14-30-13-21(24(22)34-27)15-4-6-18(28)7-5-15/h4-14,23,32,37H,2-3H2,1H3,(H,33,34)(H,31,35,36). The molecule has 10 heteroatoms. The number of fused-ring (bicyclic) bond motifs is 2. The summed E-state index contributed by atoms with van der Waals surface area (Å²) in [6.45, 7) is 2.02. The average Bonchev–Trinajstić information content (AvgIpc) is 3.53. The lowest BCUT2D eigenvalue weighted by atomic mass is 10.1. The second kappa shape index (κ2) is 9.40. The van der Waals surface area contributed by atoms with Crippen LogP contribution < -0.4 is 5.32 Å². The molecule has 0 saturated carbocycles. The van der Waals surface area contributed by atoms with Gasteiger partial charge in [-0.05, 0) is 36.2 Å². The smallest absolute Gasteiger partial charge is 0.159 e. The lowest BCUT2D eigenvalue weighted by Crippen LogP contribution is -2.18. The average molecular weight is 495 g/mol. The minimum atomic E-state index is -0.634. The Balaban J connectivity index is 1.39. The number of nitrogens with one attached hydrogen (secondary N) is 3. The van der Waals surface area contributed by atoms with E-state index >= 15 is 0 Å². The number of pyridine rings is 3. The Morgan fingerprint density at radius 1 is 0.973 bits per heavy atom. The molecular weight excluding hydrogens is 471 g/mol. The molecule has 5 aromatic heterocycles. The maximum Gasteiger partial charge on any atom is 0.159 e. The molecule has 1 unspecified atom stereocenters. The molecule has 4 N–H and O–H groups in total. The van der Waals surface area contributed by atoms with Crippen molar-refractivity contribution in [3.8, 4) is 33.8 Å². The Kier molecular flexibility index (Phi) is 5.78. The van der Waals surface area contributed by atoms with E-state index in [0.29, 0.717) is 29.1 Å². The van der Waals surface area contributed by atoms with Crippen LogP contribution in [0, 0.1) is 5.82 Å². The van der Waals surface area contributed by atoms with Gasteiger partial charge in [0, 0.05) is 35.3 Å². The van der Waals surface area contributed by atoms with Crippen LogP contribution >= 0.6 is 0 Å². The van der Waals surface area contributed by atoms with Gasteiger partial charge in [0.2, 0.25) is 0 Å². The Morgan fingerprint density at radius 3 is 2.62 bits per heavy atom. The van der Waals surface area contributed by atoms with E-state index in [1.807, 2.05) is 19.1 Å². The van der Waals surface area contributed by atoms with Crippen molar-refractivity contribution in [2.45, 2.75) is 26.0 Å². The van der Waals surface area contributed by atoms with Crippen molar-refractivity contribution in [2.75, 3.05) is 5.32 Å². The van der Waals surface area contributed by atoms with Crippen molar-refractivity contribution in [1.29, 1.82) is 0 Å². The predicted octanol–water partition coefficient (Wildman–Crippen LogP) is 5.29. The summed E-state index contributed by atoms with van der Waals surface area (Å²) in [5.74, 6) is 0.263. The first-order valence-electron chi connectivity index (χ1n) is 11.9. The molecule has 0 aliphatic heterocycles. The molecule has 0 saturated heterocycles. The van der Waals surface area contributed by atoms with Gasteiger partial charge in [-0.15, -0.1) is 0 Å². The van der Waals surface area contributed by atoms with Crippen molar-refractivity contribution < 1.29 is 9.50 Å². The number of H-pyrrole nitrogens is 2. The third-order valence-corrected chi connectivity index (χ3v) is 6.16. The quantitative estimate of drug-likeness (QED) is 0.222. The van der Waals surface area contributed by atoms with Crippen molar-refractivity contribution in [1.82, 2.24) is 35.1 Å². The molecule has 0 aliphatic carbocycles. The number of imidazole rings is 1. The number of nitrogens with zero attached hydrogens (tertiary/aromatic N) is 5. The minimum absolute atomic E-state index is 0.299. The molecule has 5 heterocycles. The van der Waals surface area contributed by atoms with Crippen LogP contribution in [0.3, 0.4) is 0 Å². The largest absolute Gasteiger partial charge is 0.374 e. The highest BCUT2D eigenvalue weighted by molar-refractivity contribution is 5.96. The number of aromatic nitrogens is 7. The van der Waals surface area contributed by atoms with Crippen molar-refractivity contribution in [3.05, 3.63) is 73.2 Å². The Morgan fingerprint density at radius 2 is 1.78 bits per heavy atom. The summed E-state index contributed by atoms with van der Waals surface area (Å²) in [6, 6.07) is 10.2. The number of anilines is 1. The number of halogens is 1. The summed E-state index contributed by atoms with van der Waals surface area (Å²) in [4.78, 5) is 21.3. The minimum Gasteiger partial charge on any atom is -0.374 e. The van der Waals surface area contributed by atoms with Gasteiger partial charge < -0.3 is 15.4 Å². The fourth-order valence-electron chi connectivity index (χ4n) is 4.34. The lowest BCUT2D eigenvalue weighted by Gasteiger charge is -2.13. The molecule has 6 aromatic rings. The Labute approximate surface area is 210 Å². The maximum absolute atomic E-state index is 13.4. The summed E-state index contributed by atoms with van der Waals surface area (Å²) in [6.07, 6.45) is 9.48. The molecular formula is C27H23FN8O. The summed E-state index contributed by atoms with van der Waals surface area (Å²) in [7, 11) is 0. The SMILES string of the molecule is CCCC(O)Nc1cncc(-c2cnc3[nH]nc(-c4nc5c(-c6ccc(F)cc6)cncc5[nH]4)c3c2)c1. The third kappa shape index (κ3) is 4.38. The van der Waals surface area contributed by atoms with Crippen LogP contribution in [0.15, 0.2) is 67.4 Å². The number of rotatable bonds is 7. The molecule has 0 fully saturated rings. The van der Waals surface area contributed by atoms with Crippen LogP contribution in [0.1, 0.15) is 19.8 Å². The van der Waals surface area contributed by atoms with Gasteiger partial charge in [-0.2, -0.15) is 5.10 Å². The topological polar surface area (TPSA) is 128 Å². The zero-order chi connectivity index (χ0) is 25.4. The maximum atomic E-state index is 13.4. The number of aromatic amines is 2. The van der Waals surface area contributed by atoms with E-state index in [2.05, 4.69) is 35.5 Å². The summed E-state index contributed by atoms with van der Waals surface area (Å²) in [5, 5.41) is 21.4. The number of aliphatic hydroxyl groups is 1. The van der Waals surface area contributed by atoms with Gasteiger partial charge in [0.05, 0.1) is 34.5 Å². The Bertz CT molecular complexity index is 1710. The van der Waals surface area contributed by atoms with Crippen molar-refractivity contribution in [2.24, 2.45) is 0 Å². The van der Waals surface area contributed by atoms with E-state index in [1.54, 1.807) is 43.1 Å². The molecule has 0 bridgehead atoms. The molecule has 1 aromatic carbocycles. The first-order chi connectivity index (χ1) is 18.1. The molecule has 0 amide bonds. The van der Waals surface area contributed by atoms with Gasteiger partial charge in [-0.1, -0.05) is 25.5 Å². The second-order valence-corrected chi connectivity index (χ2v) is 8.78. The van der Waals surface area contributed by atoms with E-state index < -0.39 is 6.23 Å². The molecule has 0 radical (unpaired) electrons. The molecule has 6 rings (SSSR count). The van der Waals surface area contributed by atoms with Gasteiger partial charge in [0.15, 0.2) is 11.5 Å². The van der Waals surface area contributed by atoms with E-state index in [9.17, 15) is 9.50 Å². The zero-order valence-electron chi connectivity index (χ0n) is 19.9. The second-order valence-electron chi connectivity index (χ2n) is 8.78. The Hall–Kier alpha value is -4.70. The van der Waals surface area contributed by atoms with Gasteiger partial charge in [-0.3, -0.25) is 15.1 Å². The predicted molar refractivity (Wildman–Crippen MR) is 140 cm³/mol. The highest BCUT2D eigenvalue weighted by Crippen LogP contribution is 2.32. The van der Waals surface area contributed by atoms with Crippen LogP contribution in [-0.2, 0) is 0 Å². The number of hydrogen-bond acceptors (Lipinski definition) is 7. The van der Waals surface area contributed by atoms with Crippen molar-refractivity contribution in [3.63, 3.8) is 0 Å². The van der Waals surface area contributed by atoms with Crippen LogP contribution in [0.4, 0.5) is 10.1 Å². The molecule has 1 atom stereocenters. The molecule has 0 aliphatic rings. The normalized spacial score (nSPS) is 12.3. The summed E-state index contributed by atoms with van der Waals surface area (Å²) in [5.41, 5.74) is 6.73. The number of hydrogen-bond donors (Lipinski definition) is 4. The molecule has 37 heavy (non-hydrogen) atoms. The lowest BCUT2D eigenvalue weighted by molar-refractivity contribution is 0.192. The van der Waals surface area contributed by atoms with Crippen LogP contribution in [0.2, 0.25) is 0 Å². The van der Waals surface area contributed by atoms with Crippen LogP contribution in [-0.4, -0.2) is 46.5 Å². The van der Waals surface area contributed by atoms with Crippen LogP contribution in [0.5, 0.6) is 0 Å². The number of benzene rings is 1. The highest BCUT2D eigenvalue weighted by atomic mass is 19.1. The van der Waals surface area contributed by atoms with E-state index in [0.717, 1.165) is 45.3 Å². The van der Waals surface area contributed by atoms with E-state index in [1.165, 1.54) is 12.1 Å². The van der Waals surface area contributed by atoms with Crippen LogP contribution in [0.25, 0.3) is 55.8 Å².